The Balaban J connectivity index is 2.46. The number of pyridine rings is 1. The molecule has 0 fully saturated rings. The number of hydrogen-bond donors (Lipinski definition) is 3. The molecule has 2 rings (SSSR count). The van der Waals surface area contributed by atoms with Crippen LogP contribution in [0.4, 0.5) is 0 Å². The van der Waals surface area contributed by atoms with Crippen molar-refractivity contribution >= 4 is 28.6 Å². The molecule has 2 aromatic heterocycles. The average Bonchev–Trinajstić information content (AvgIpc) is 2.60. The van der Waals surface area contributed by atoms with E-state index in [1.54, 1.807) is 12.3 Å². The van der Waals surface area contributed by atoms with Crippen LogP contribution in [-0.4, -0.2) is 27.1 Å². The van der Waals surface area contributed by atoms with E-state index in [-0.39, 0.29) is 6.42 Å². The van der Waals surface area contributed by atoms with Crippen LogP contribution < -0.4 is 5.73 Å². The summed E-state index contributed by atoms with van der Waals surface area (Å²) in [7, 11) is 0. The smallest absolute Gasteiger partial charge is 0.320 e. The number of aromatic nitrogens is 2. The first-order valence-corrected chi connectivity index (χ1v) is 5.48. The van der Waals surface area contributed by atoms with Crippen LogP contribution in [0.5, 0.6) is 0 Å². The Morgan fingerprint density at radius 1 is 1.71 bits per heavy atom. The molecule has 2 aromatic rings. The van der Waals surface area contributed by atoms with E-state index in [9.17, 15) is 4.79 Å². The number of aryl methyl sites for hydroxylation is 1. The summed E-state index contributed by atoms with van der Waals surface area (Å²) in [6, 6.07) is 0.831. The molecule has 0 aromatic carbocycles. The Bertz CT molecular complexity index is 579. The summed E-state index contributed by atoms with van der Waals surface area (Å²) in [5.41, 5.74) is 7.97. The van der Waals surface area contributed by atoms with Gasteiger partial charge in [0.25, 0.3) is 0 Å². The van der Waals surface area contributed by atoms with Crippen molar-refractivity contribution in [3.8, 4) is 0 Å². The molecular weight excluding hydrogens is 242 g/mol. The van der Waals surface area contributed by atoms with Gasteiger partial charge in [-0.3, -0.25) is 4.79 Å². The highest BCUT2D eigenvalue weighted by Gasteiger charge is 2.16. The number of carboxylic acids is 1. The minimum absolute atomic E-state index is 0.263. The summed E-state index contributed by atoms with van der Waals surface area (Å²) >= 11 is 5.84. The molecule has 0 radical (unpaired) electrons. The first-order chi connectivity index (χ1) is 7.99. The molecule has 2 heterocycles. The van der Waals surface area contributed by atoms with Gasteiger partial charge in [-0.1, -0.05) is 11.6 Å². The number of fused-ring (bicyclic) bond motifs is 1. The van der Waals surface area contributed by atoms with Crippen molar-refractivity contribution in [1.29, 1.82) is 0 Å². The van der Waals surface area contributed by atoms with E-state index in [1.165, 1.54) is 0 Å². The highest BCUT2D eigenvalue weighted by molar-refractivity contribution is 6.29. The Morgan fingerprint density at radius 2 is 2.41 bits per heavy atom. The number of nitrogens with one attached hydrogen (secondary N) is 1. The minimum Gasteiger partial charge on any atom is -0.480 e. The van der Waals surface area contributed by atoms with Crippen LogP contribution in [0.1, 0.15) is 11.1 Å². The highest BCUT2D eigenvalue weighted by Crippen LogP contribution is 2.24. The molecule has 1 atom stereocenters. The molecule has 0 saturated heterocycles. The van der Waals surface area contributed by atoms with Crippen LogP contribution in [0.15, 0.2) is 12.3 Å². The largest absolute Gasteiger partial charge is 0.480 e. The maximum atomic E-state index is 10.7. The summed E-state index contributed by atoms with van der Waals surface area (Å²) in [5.74, 6) is -1.01. The third-order valence-corrected chi connectivity index (χ3v) is 2.84. The van der Waals surface area contributed by atoms with Crippen LogP contribution in [0.2, 0.25) is 5.15 Å². The number of aliphatic carboxylic acids is 1. The van der Waals surface area contributed by atoms with Crippen LogP contribution >= 0.6 is 11.6 Å². The first kappa shape index (κ1) is 11.9. The monoisotopic (exact) mass is 253 g/mol. The van der Waals surface area contributed by atoms with Crippen LogP contribution in [0.3, 0.4) is 0 Å². The number of nitrogens with zero attached hydrogens (tertiary/aromatic N) is 1. The van der Waals surface area contributed by atoms with Crippen molar-refractivity contribution in [2.24, 2.45) is 5.73 Å². The Hall–Kier alpha value is -1.59. The SMILES string of the molecule is Cc1cc(Cl)nc2[nH]cc(C[C@H](N)C(=O)O)c12. The number of carboxylic acid groups (broad SMARTS) is 1. The molecule has 0 saturated carbocycles. The molecule has 0 amide bonds. The van der Waals surface area contributed by atoms with Crippen molar-refractivity contribution in [2.75, 3.05) is 0 Å². The Labute approximate surface area is 103 Å². The van der Waals surface area contributed by atoms with Gasteiger partial charge in [0.1, 0.15) is 16.8 Å². The molecule has 4 N–H and O–H groups in total. The van der Waals surface area contributed by atoms with Gasteiger partial charge in [-0.2, -0.15) is 0 Å². The Morgan fingerprint density at radius 3 is 3.06 bits per heavy atom. The van der Waals surface area contributed by atoms with E-state index in [0.29, 0.717) is 10.8 Å². The van der Waals surface area contributed by atoms with Crippen molar-refractivity contribution in [3.63, 3.8) is 0 Å². The summed E-state index contributed by atoms with van der Waals surface area (Å²) in [6.45, 7) is 1.90. The highest BCUT2D eigenvalue weighted by atomic mass is 35.5. The number of aromatic amines is 1. The third-order valence-electron chi connectivity index (χ3n) is 2.65. The molecule has 90 valence electrons. The zero-order valence-electron chi connectivity index (χ0n) is 9.20. The lowest BCUT2D eigenvalue weighted by molar-refractivity contribution is -0.138. The van der Waals surface area contributed by atoms with Crippen LogP contribution in [0, 0.1) is 6.92 Å². The summed E-state index contributed by atoms with van der Waals surface area (Å²) in [4.78, 5) is 17.8. The number of carbonyl (C=O) groups is 1. The lowest BCUT2D eigenvalue weighted by Crippen LogP contribution is -2.32. The lowest BCUT2D eigenvalue weighted by Gasteiger charge is -2.06. The van der Waals surface area contributed by atoms with E-state index in [1.807, 2.05) is 6.92 Å². The minimum atomic E-state index is -1.01. The quantitative estimate of drug-likeness (QED) is 0.723. The third kappa shape index (κ3) is 2.25. The molecule has 0 aliphatic rings. The fourth-order valence-electron chi connectivity index (χ4n) is 1.86. The van der Waals surface area contributed by atoms with Crippen molar-refractivity contribution in [3.05, 3.63) is 28.5 Å². The van der Waals surface area contributed by atoms with Crippen LogP contribution in [-0.2, 0) is 11.2 Å². The molecule has 17 heavy (non-hydrogen) atoms. The van der Waals surface area contributed by atoms with Crippen molar-refractivity contribution < 1.29 is 9.90 Å². The molecule has 0 aliphatic carbocycles. The van der Waals surface area contributed by atoms with Gasteiger partial charge in [-0.05, 0) is 24.1 Å². The number of H-pyrrole nitrogens is 1. The topological polar surface area (TPSA) is 92.0 Å². The predicted molar refractivity (Wildman–Crippen MR) is 65.2 cm³/mol. The van der Waals surface area contributed by atoms with Gasteiger partial charge in [0.05, 0.1) is 0 Å². The maximum absolute atomic E-state index is 10.7. The van der Waals surface area contributed by atoms with Crippen molar-refractivity contribution in [2.45, 2.75) is 19.4 Å². The second kappa shape index (κ2) is 4.35. The second-order valence-electron chi connectivity index (χ2n) is 3.95. The average molecular weight is 254 g/mol. The molecule has 0 unspecified atom stereocenters. The van der Waals surface area contributed by atoms with E-state index >= 15 is 0 Å². The fourth-order valence-corrected chi connectivity index (χ4v) is 2.10. The zero-order valence-corrected chi connectivity index (χ0v) is 9.95. The van der Waals surface area contributed by atoms with Gasteiger partial charge in [-0.15, -0.1) is 0 Å². The summed E-state index contributed by atoms with van der Waals surface area (Å²) in [5, 5.41) is 10.1. The van der Waals surface area contributed by atoms with E-state index in [2.05, 4.69) is 9.97 Å². The van der Waals surface area contributed by atoms with Crippen molar-refractivity contribution in [1.82, 2.24) is 9.97 Å². The van der Waals surface area contributed by atoms with Gasteiger partial charge >= 0.3 is 5.97 Å². The van der Waals surface area contributed by atoms with E-state index in [4.69, 9.17) is 22.4 Å². The normalized spacial score (nSPS) is 12.9. The zero-order chi connectivity index (χ0) is 12.6. The second-order valence-corrected chi connectivity index (χ2v) is 4.34. The van der Waals surface area contributed by atoms with E-state index < -0.39 is 12.0 Å². The van der Waals surface area contributed by atoms with Gasteiger partial charge in [-0.25, -0.2) is 4.98 Å². The molecule has 0 aliphatic heterocycles. The Kier molecular flexibility index (Phi) is 3.04. The molecule has 6 heteroatoms. The lowest BCUT2D eigenvalue weighted by atomic mass is 10.0. The fraction of sp³-hybridized carbons (Fsp3) is 0.273. The number of nitrogens with two attached hydrogens (primary N) is 1. The summed E-state index contributed by atoms with van der Waals surface area (Å²) < 4.78 is 0. The van der Waals surface area contributed by atoms with Gasteiger partial charge in [0, 0.05) is 18.0 Å². The predicted octanol–water partition coefficient (Wildman–Crippen LogP) is 1.48. The van der Waals surface area contributed by atoms with Gasteiger partial charge in [0.2, 0.25) is 0 Å². The van der Waals surface area contributed by atoms with Gasteiger partial charge in [0.15, 0.2) is 0 Å². The number of halogens is 1. The van der Waals surface area contributed by atoms with E-state index in [0.717, 1.165) is 16.5 Å². The molecule has 5 nitrogen and oxygen atoms in total. The number of hydrogen-bond acceptors (Lipinski definition) is 3. The molecular formula is C11H12ClN3O2. The summed E-state index contributed by atoms with van der Waals surface area (Å²) in [6.07, 6.45) is 1.99. The first-order valence-electron chi connectivity index (χ1n) is 5.10. The molecule has 0 bridgehead atoms. The molecule has 0 spiro atoms. The standard InChI is InChI=1S/C11H12ClN3O2/c1-5-2-8(12)15-10-9(5)6(4-14-10)3-7(13)11(16)17/h2,4,7H,3,13H2,1H3,(H,14,15)(H,16,17)/t7-/m0/s1. The van der Waals surface area contributed by atoms with Crippen LogP contribution in [0.25, 0.3) is 11.0 Å². The maximum Gasteiger partial charge on any atom is 0.320 e. The van der Waals surface area contributed by atoms with Gasteiger partial charge < -0.3 is 15.8 Å². The number of rotatable bonds is 3.